The lowest BCUT2D eigenvalue weighted by Crippen LogP contribution is -2.45. The molecule has 0 fully saturated rings. The van der Waals surface area contributed by atoms with Gasteiger partial charge in [-0.25, -0.2) is 0 Å². The van der Waals surface area contributed by atoms with Crippen LogP contribution in [-0.2, 0) is 20.8 Å². The number of carbonyl (C=O) groups excluding carboxylic acids is 2. The second-order valence-corrected chi connectivity index (χ2v) is 7.16. The Bertz CT molecular complexity index is 910. The molecule has 0 bridgehead atoms. The van der Waals surface area contributed by atoms with Gasteiger partial charge in [0.1, 0.15) is 5.75 Å². The lowest BCUT2D eigenvalue weighted by molar-refractivity contribution is -0.141. The molecule has 1 aliphatic heterocycles. The van der Waals surface area contributed by atoms with Gasteiger partial charge in [0.2, 0.25) is 5.91 Å². The molecule has 7 nitrogen and oxygen atoms in total. The first-order valence-electron chi connectivity index (χ1n) is 9.54. The molecule has 2 aromatic carbocycles. The topological polar surface area (TPSA) is 95.9 Å². The van der Waals surface area contributed by atoms with Gasteiger partial charge >= 0.3 is 5.97 Å². The predicted octanol–water partition coefficient (Wildman–Crippen LogP) is 3.09. The number of amides is 2. The van der Waals surface area contributed by atoms with Crippen LogP contribution in [-0.4, -0.2) is 35.5 Å². The van der Waals surface area contributed by atoms with E-state index in [9.17, 15) is 14.4 Å². The first-order valence-corrected chi connectivity index (χ1v) is 9.54. The zero-order chi connectivity index (χ0) is 21.0. The zero-order valence-electron chi connectivity index (χ0n) is 16.4. The summed E-state index contributed by atoms with van der Waals surface area (Å²) in [6, 6.07) is 14.4. The summed E-state index contributed by atoms with van der Waals surface area (Å²) in [7, 11) is 0. The number of ether oxygens (including phenoxy) is 1. The molecule has 1 heterocycles. The number of rotatable bonds is 7. The molecule has 29 heavy (non-hydrogen) atoms. The van der Waals surface area contributed by atoms with Crippen molar-refractivity contribution < 1.29 is 24.2 Å². The molecule has 0 saturated carbocycles. The van der Waals surface area contributed by atoms with E-state index in [0.717, 1.165) is 5.56 Å². The molecule has 7 heteroatoms. The first-order chi connectivity index (χ1) is 13.8. The maximum absolute atomic E-state index is 12.5. The molecule has 1 aliphatic rings. The Hall–Kier alpha value is -3.35. The first kappa shape index (κ1) is 20.4. The Labute approximate surface area is 169 Å². The minimum Gasteiger partial charge on any atom is -0.481 e. The molecule has 0 saturated heterocycles. The number of carboxylic acids is 1. The van der Waals surface area contributed by atoms with Crippen molar-refractivity contribution in [1.29, 1.82) is 0 Å². The number of hydrogen-bond acceptors (Lipinski definition) is 4. The minimum atomic E-state index is -0.837. The van der Waals surface area contributed by atoms with Crippen molar-refractivity contribution in [3.05, 3.63) is 54.1 Å². The third-order valence-electron chi connectivity index (χ3n) is 4.84. The highest BCUT2D eigenvalue weighted by Gasteiger charge is 2.31. The summed E-state index contributed by atoms with van der Waals surface area (Å²) in [5.74, 6) is -1.05. The van der Waals surface area contributed by atoms with Crippen LogP contribution in [0, 0.1) is 5.92 Å². The van der Waals surface area contributed by atoms with Crippen LogP contribution in [0.3, 0.4) is 0 Å². The van der Waals surface area contributed by atoms with Gasteiger partial charge in [-0.05, 0) is 43.2 Å². The molecule has 0 aliphatic carbocycles. The summed E-state index contributed by atoms with van der Waals surface area (Å²) < 4.78 is 5.60. The molecule has 2 N–H and O–H groups in total. The van der Waals surface area contributed by atoms with Gasteiger partial charge in [0, 0.05) is 18.7 Å². The quantitative estimate of drug-likeness (QED) is 0.750. The van der Waals surface area contributed by atoms with E-state index in [1.807, 2.05) is 12.1 Å². The van der Waals surface area contributed by atoms with Gasteiger partial charge in [0.25, 0.3) is 5.91 Å². The van der Waals surface area contributed by atoms with Crippen LogP contribution in [0.4, 0.5) is 11.4 Å². The third kappa shape index (κ3) is 4.93. The van der Waals surface area contributed by atoms with Gasteiger partial charge in [-0.15, -0.1) is 0 Å². The van der Waals surface area contributed by atoms with Gasteiger partial charge in [-0.1, -0.05) is 31.2 Å². The molecule has 2 amide bonds. The molecule has 2 unspecified atom stereocenters. The molecule has 152 valence electrons. The van der Waals surface area contributed by atoms with Crippen molar-refractivity contribution in [3.63, 3.8) is 0 Å². The van der Waals surface area contributed by atoms with E-state index in [4.69, 9.17) is 9.84 Å². The minimum absolute atomic E-state index is 0.143. The Balaban J connectivity index is 1.57. The number of nitrogens with one attached hydrogen (secondary N) is 1. The van der Waals surface area contributed by atoms with Gasteiger partial charge in [-0.2, -0.15) is 0 Å². The number of hydrogen-bond donors (Lipinski definition) is 2. The van der Waals surface area contributed by atoms with E-state index in [1.54, 1.807) is 55.1 Å². The number of nitrogens with zero attached hydrogens (tertiary/aromatic N) is 1. The van der Waals surface area contributed by atoms with E-state index >= 15 is 0 Å². The highest BCUT2D eigenvalue weighted by atomic mass is 16.5. The maximum Gasteiger partial charge on any atom is 0.306 e. The number of anilines is 2. The average molecular weight is 396 g/mol. The number of carbonyl (C=O) groups is 3. The van der Waals surface area contributed by atoms with Gasteiger partial charge in [-0.3, -0.25) is 14.4 Å². The molecular formula is C22H24N2O5. The number of aliphatic carboxylic acids is 1. The monoisotopic (exact) mass is 396 g/mol. The molecule has 3 rings (SSSR count). The lowest BCUT2D eigenvalue weighted by Gasteiger charge is -2.32. The van der Waals surface area contributed by atoms with Crippen molar-refractivity contribution in [2.75, 3.05) is 16.8 Å². The zero-order valence-corrected chi connectivity index (χ0v) is 16.4. The summed E-state index contributed by atoms with van der Waals surface area (Å²) in [6.45, 7) is 3.60. The van der Waals surface area contributed by atoms with Crippen molar-refractivity contribution in [2.45, 2.75) is 32.8 Å². The third-order valence-corrected chi connectivity index (χ3v) is 4.84. The SMILES string of the molecule is CC(Cc1ccc(NC(=O)CCN2C(=O)C(C)Oc3ccccc32)cc1)C(=O)O. The number of benzene rings is 2. The fourth-order valence-electron chi connectivity index (χ4n) is 3.19. The number of fused-ring (bicyclic) bond motifs is 1. The van der Waals surface area contributed by atoms with Crippen molar-refractivity contribution in [1.82, 2.24) is 0 Å². The van der Waals surface area contributed by atoms with Gasteiger partial charge in [0.15, 0.2) is 6.10 Å². The van der Waals surface area contributed by atoms with Gasteiger partial charge < -0.3 is 20.1 Å². The lowest BCUT2D eigenvalue weighted by atomic mass is 10.0. The van der Waals surface area contributed by atoms with Crippen LogP contribution in [0.5, 0.6) is 5.75 Å². The molecular weight excluding hydrogens is 372 g/mol. The Morgan fingerprint density at radius 3 is 2.55 bits per heavy atom. The smallest absolute Gasteiger partial charge is 0.306 e. The summed E-state index contributed by atoms with van der Waals surface area (Å²) >= 11 is 0. The molecule has 2 aromatic rings. The predicted molar refractivity (Wildman–Crippen MR) is 109 cm³/mol. The number of para-hydroxylation sites is 2. The van der Waals surface area contributed by atoms with Crippen LogP contribution in [0.2, 0.25) is 0 Å². The normalized spacial score (nSPS) is 16.6. The Morgan fingerprint density at radius 2 is 1.86 bits per heavy atom. The summed E-state index contributed by atoms with van der Waals surface area (Å²) in [6.07, 6.45) is -0.0149. The number of carboxylic acid groups (broad SMARTS) is 1. The standard InChI is InChI=1S/C22H24N2O5/c1-14(22(27)28)13-16-7-9-17(10-8-16)23-20(25)11-12-24-18-5-3-4-6-19(18)29-15(2)21(24)26/h3-10,14-15H,11-13H2,1-2H3,(H,23,25)(H,27,28). The van der Waals surface area contributed by atoms with E-state index in [0.29, 0.717) is 23.5 Å². The van der Waals surface area contributed by atoms with Crippen LogP contribution in [0.1, 0.15) is 25.8 Å². The highest BCUT2D eigenvalue weighted by Crippen LogP contribution is 2.33. The molecule has 0 aromatic heterocycles. The maximum atomic E-state index is 12.5. The average Bonchev–Trinajstić information content (AvgIpc) is 2.69. The van der Waals surface area contributed by atoms with Crippen molar-refractivity contribution in [3.8, 4) is 5.75 Å². The summed E-state index contributed by atoms with van der Waals surface area (Å²) in [5.41, 5.74) is 2.19. The summed E-state index contributed by atoms with van der Waals surface area (Å²) in [4.78, 5) is 37.3. The fraction of sp³-hybridized carbons (Fsp3) is 0.318. The second kappa shape index (κ2) is 8.77. The van der Waals surface area contributed by atoms with Gasteiger partial charge in [0.05, 0.1) is 11.6 Å². The van der Waals surface area contributed by atoms with Crippen LogP contribution < -0.4 is 15.0 Å². The molecule has 0 spiro atoms. The van der Waals surface area contributed by atoms with E-state index in [-0.39, 0.29) is 24.8 Å². The molecule has 2 atom stereocenters. The van der Waals surface area contributed by atoms with Crippen molar-refractivity contribution in [2.24, 2.45) is 5.92 Å². The van der Waals surface area contributed by atoms with Crippen LogP contribution in [0.25, 0.3) is 0 Å². The Kier molecular flexibility index (Phi) is 6.16. The largest absolute Gasteiger partial charge is 0.481 e. The second-order valence-electron chi connectivity index (χ2n) is 7.16. The Morgan fingerprint density at radius 1 is 1.17 bits per heavy atom. The van der Waals surface area contributed by atoms with E-state index in [1.165, 1.54) is 0 Å². The van der Waals surface area contributed by atoms with E-state index < -0.39 is 18.0 Å². The summed E-state index contributed by atoms with van der Waals surface area (Å²) in [5, 5.41) is 11.8. The van der Waals surface area contributed by atoms with Crippen LogP contribution >= 0.6 is 0 Å². The fourth-order valence-corrected chi connectivity index (χ4v) is 3.19. The highest BCUT2D eigenvalue weighted by molar-refractivity contribution is 6.00. The van der Waals surface area contributed by atoms with Crippen molar-refractivity contribution >= 4 is 29.2 Å². The molecule has 0 radical (unpaired) electrons. The van der Waals surface area contributed by atoms with E-state index in [2.05, 4.69) is 5.32 Å². The van der Waals surface area contributed by atoms with Crippen LogP contribution in [0.15, 0.2) is 48.5 Å².